The molecule has 26 heavy (non-hydrogen) atoms. The third-order valence-corrected chi connectivity index (χ3v) is 7.03. The van der Waals surface area contributed by atoms with Crippen LogP contribution in [0, 0.1) is 0 Å². The molecule has 158 valence electrons. The van der Waals surface area contributed by atoms with E-state index in [0.29, 0.717) is 13.2 Å². The van der Waals surface area contributed by atoms with Crippen molar-refractivity contribution in [3.8, 4) is 0 Å². The van der Waals surface area contributed by atoms with Gasteiger partial charge in [-0.1, -0.05) is 64.2 Å². The molecule has 0 radical (unpaired) electrons. The molecule has 0 rings (SSSR count). The van der Waals surface area contributed by atoms with Crippen LogP contribution in [0.2, 0.25) is 0 Å². The lowest BCUT2D eigenvalue weighted by Crippen LogP contribution is -1.89. The van der Waals surface area contributed by atoms with Gasteiger partial charge in [-0.25, -0.2) is 0 Å². The minimum Gasteiger partial charge on any atom is -0.396 e. The fourth-order valence-electron chi connectivity index (χ4n) is 3.01. The topological polar surface area (TPSA) is 40.5 Å². The van der Waals surface area contributed by atoms with Crippen molar-refractivity contribution in [3.63, 3.8) is 0 Å². The van der Waals surface area contributed by atoms with Crippen molar-refractivity contribution in [3.05, 3.63) is 0 Å². The molecule has 0 heterocycles. The van der Waals surface area contributed by atoms with Crippen molar-refractivity contribution in [1.82, 2.24) is 0 Å². The van der Waals surface area contributed by atoms with Crippen LogP contribution in [0.5, 0.6) is 0 Å². The minimum atomic E-state index is 0.359. The minimum absolute atomic E-state index is 0.359. The highest BCUT2D eigenvalue weighted by Crippen LogP contribution is 2.15. The molecule has 0 saturated heterocycles. The number of hydrogen-bond acceptors (Lipinski definition) is 4. The summed E-state index contributed by atoms with van der Waals surface area (Å²) < 4.78 is 0. The smallest absolute Gasteiger partial charge is 0.0431 e. The highest BCUT2D eigenvalue weighted by molar-refractivity contribution is 7.99. The summed E-state index contributed by atoms with van der Waals surface area (Å²) in [7, 11) is 0. The molecule has 2 N–H and O–H groups in total. The van der Waals surface area contributed by atoms with E-state index in [9.17, 15) is 0 Å². The molecular formula is C22H46O2S2. The normalized spacial score (nSPS) is 11.3. The Morgan fingerprint density at radius 3 is 0.846 bits per heavy atom. The quantitative estimate of drug-likeness (QED) is 0.186. The first-order chi connectivity index (χ1) is 12.9. The van der Waals surface area contributed by atoms with Gasteiger partial charge in [-0.05, 0) is 61.5 Å². The first-order valence-corrected chi connectivity index (χ1v) is 13.6. The van der Waals surface area contributed by atoms with Crippen molar-refractivity contribution in [2.75, 3.05) is 36.2 Å². The molecule has 0 aromatic carbocycles. The Hall–Kier alpha value is 0.620. The zero-order valence-electron chi connectivity index (χ0n) is 17.3. The summed E-state index contributed by atoms with van der Waals surface area (Å²) in [6.07, 6.45) is 20.9. The van der Waals surface area contributed by atoms with Gasteiger partial charge in [0.2, 0.25) is 0 Å². The van der Waals surface area contributed by atoms with Crippen LogP contribution >= 0.6 is 23.5 Å². The Kier molecular flexibility index (Phi) is 26.2. The fourth-order valence-corrected chi connectivity index (χ4v) is 5.05. The highest BCUT2D eigenvalue weighted by Gasteiger charge is 1.95. The van der Waals surface area contributed by atoms with Crippen LogP contribution in [0.1, 0.15) is 103 Å². The van der Waals surface area contributed by atoms with E-state index in [-0.39, 0.29) is 0 Å². The van der Waals surface area contributed by atoms with Crippen LogP contribution in [0.25, 0.3) is 0 Å². The first kappa shape index (κ1) is 26.6. The lowest BCUT2D eigenvalue weighted by Gasteiger charge is -2.04. The number of aliphatic hydroxyl groups is 2. The molecule has 0 aliphatic heterocycles. The summed E-state index contributed by atoms with van der Waals surface area (Å²) in [4.78, 5) is 0. The Morgan fingerprint density at radius 1 is 0.308 bits per heavy atom. The van der Waals surface area contributed by atoms with Crippen molar-refractivity contribution in [1.29, 1.82) is 0 Å². The molecule has 0 aliphatic carbocycles. The number of unbranched alkanes of at least 4 members (excludes halogenated alkanes) is 13. The lowest BCUT2D eigenvalue weighted by atomic mass is 10.1. The number of rotatable bonds is 23. The van der Waals surface area contributed by atoms with Gasteiger partial charge in [-0.3, -0.25) is 0 Å². The third kappa shape index (κ3) is 24.6. The van der Waals surface area contributed by atoms with Crippen molar-refractivity contribution in [2.45, 2.75) is 103 Å². The number of thioether (sulfide) groups is 2. The van der Waals surface area contributed by atoms with Crippen LogP contribution in [-0.4, -0.2) is 46.4 Å². The van der Waals surface area contributed by atoms with E-state index in [2.05, 4.69) is 23.5 Å². The van der Waals surface area contributed by atoms with E-state index in [0.717, 1.165) is 12.8 Å². The molecular weight excluding hydrogens is 360 g/mol. The molecule has 4 heteroatoms. The van der Waals surface area contributed by atoms with Gasteiger partial charge in [-0.15, -0.1) is 0 Å². The van der Waals surface area contributed by atoms with E-state index in [1.165, 1.54) is 113 Å². The predicted octanol–water partition coefficient (Wildman–Crippen LogP) is 6.68. The van der Waals surface area contributed by atoms with Gasteiger partial charge >= 0.3 is 0 Å². The van der Waals surface area contributed by atoms with Crippen LogP contribution in [0.15, 0.2) is 0 Å². The molecule has 0 unspecified atom stereocenters. The standard InChI is InChI=1S/C22H46O2S2/c23-17-11-6-4-2-1-3-5-8-13-19-25-21-15-10-16-22-26-20-14-9-7-12-18-24/h23-24H,1-22H2. The second-order valence-corrected chi connectivity index (χ2v) is 9.78. The van der Waals surface area contributed by atoms with E-state index >= 15 is 0 Å². The Balaban J connectivity index is 2.95. The fraction of sp³-hybridized carbons (Fsp3) is 1.00. The predicted molar refractivity (Wildman–Crippen MR) is 123 cm³/mol. The van der Waals surface area contributed by atoms with Crippen LogP contribution in [-0.2, 0) is 0 Å². The van der Waals surface area contributed by atoms with E-state index in [1.807, 2.05) is 0 Å². The molecule has 0 aromatic rings. The zero-order valence-corrected chi connectivity index (χ0v) is 18.9. The first-order valence-electron chi connectivity index (χ1n) is 11.3. The van der Waals surface area contributed by atoms with E-state index in [4.69, 9.17) is 10.2 Å². The molecule has 0 saturated carbocycles. The maximum atomic E-state index is 8.72. The summed E-state index contributed by atoms with van der Waals surface area (Å²) in [6, 6.07) is 0. The monoisotopic (exact) mass is 406 g/mol. The van der Waals surface area contributed by atoms with Gasteiger partial charge in [0.05, 0.1) is 0 Å². The zero-order chi connectivity index (χ0) is 19.0. The van der Waals surface area contributed by atoms with E-state index in [1.54, 1.807) is 0 Å². The molecule has 0 fully saturated rings. The van der Waals surface area contributed by atoms with Crippen LogP contribution in [0.3, 0.4) is 0 Å². The maximum Gasteiger partial charge on any atom is 0.0431 e. The van der Waals surface area contributed by atoms with Gasteiger partial charge in [0.15, 0.2) is 0 Å². The second-order valence-electron chi connectivity index (χ2n) is 7.33. The summed E-state index contributed by atoms with van der Waals surface area (Å²) in [5, 5.41) is 17.4. The maximum absolute atomic E-state index is 8.72. The summed E-state index contributed by atoms with van der Waals surface area (Å²) >= 11 is 4.28. The SMILES string of the molecule is OCCCCCCCCCCCSCCCCCSCCCCCCO. The van der Waals surface area contributed by atoms with E-state index < -0.39 is 0 Å². The summed E-state index contributed by atoms with van der Waals surface area (Å²) in [5.74, 6) is 5.36. The second kappa shape index (κ2) is 25.6. The van der Waals surface area contributed by atoms with Crippen LogP contribution < -0.4 is 0 Å². The molecule has 0 atom stereocenters. The summed E-state index contributed by atoms with van der Waals surface area (Å²) in [6.45, 7) is 0.723. The van der Waals surface area contributed by atoms with Crippen molar-refractivity contribution in [2.24, 2.45) is 0 Å². The lowest BCUT2D eigenvalue weighted by molar-refractivity contribution is 0.282. The average molecular weight is 407 g/mol. The van der Waals surface area contributed by atoms with Gasteiger partial charge in [0, 0.05) is 13.2 Å². The average Bonchev–Trinajstić information content (AvgIpc) is 2.66. The van der Waals surface area contributed by atoms with Gasteiger partial charge in [0.25, 0.3) is 0 Å². The van der Waals surface area contributed by atoms with Gasteiger partial charge in [-0.2, -0.15) is 23.5 Å². The Morgan fingerprint density at radius 2 is 0.538 bits per heavy atom. The molecule has 0 bridgehead atoms. The number of hydrogen-bond donors (Lipinski definition) is 2. The highest BCUT2D eigenvalue weighted by atomic mass is 32.2. The van der Waals surface area contributed by atoms with Crippen molar-refractivity contribution >= 4 is 23.5 Å². The van der Waals surface area contributed by atoms with Gasteiger partial charge in [0.1, 0.15) is 0 Å². The van der Waals surface area contributed by atoms with Crippen LogP contribution in [0.4, 0.5) is 0 Å². The largest absolute Gasteiger partial charge is 0.396 e. The molecule has 0 amide bonds. The summed E-state index contributed by atoms with van der Waals surface area (Å²) in [5.41, 5.74) is 0. The Labute approximate surface area is 172 Å². The molecule has 0 aliphatic rings. The third-order valence-electron chi connectivity index (χ3n) is 4.72. The molecule has 0 spiro atoms. The number of aliphatic hydroxyl groups excluding tert-OH is 2. The van der Waals surface area contributed by atoms with Gasteiger partial charge < -0.3 is 10.2 Å². The Bertz CT molecular complexity index is 216. The molecule has 0 aromatic heterocycles. The molecule has 2 nitrogen and oxygen atoms in total. The van der Waals surface area contributed by atoms with Crippen molar-refractivity contribution < 1.29 is 10.2 Å².